The van der Waals surface area contributed by atoms with Gasteiger partial charge in [0.1, 0.15) is 0 Å². The minimum Gasteiger partial charge on any atom is -0.550 e. The Balaban J connectivity index is 0.00000280. The van der Waals surface area contributed by atoms with Crippen molar-refractivity contribution in [1.82, 2.24) is 9.13 Å². The van der Waals surface area contributed by atoms with Crippen LogP contribution in [0.4, 0.5) is 0 Å². The van der Waals surface area contributed by atoms with E-state index in [1.165, 1.54) is 0 Å². The van der Waals surface area contributed by atoms with Crippen molar-refractivity contribution in [2.45, 2.75) is 45.1 Å². The summed E-state index contributed by atoms with van der Waals surface area (Å²) in [6.07, 6.45) is 4.41. The van der Waals surface area contributed by atoms with Crippen LogP contribution in [0.15, 0.2) is 53.3 Å². The zero-order valence-corrected chi connectivity index (χ0v) is 18.8. The summed E-state index contributed by atoms with van der Waals surface area (Å²) in [7, 11) is 0. The number of aromatic nitrogens is 2. The largest absolute Gasteiger partial charge is 1.00 e. The van der Waals surface area contributed by atoms with Gasteiger partial charge in [-0.3, -0.25) is 9.13 Å². The number of halogens is 1. The number of aliphatic carboxylic acids is 1. The number of para-hydroxylation sites is 2. The van der Waals surface area contributed by atoms with Gasteiger partial charge in [0.15, 0.2) is 0 Å². The van der Waals surface area contributed by atoms with Gasteiger partial charge in [-0.15, -0.1) is 0 Å². The number of rotatable bonds is 9. The predicted molar refractivity (Wildman–Crippen MR) is 105 cm³/mol. The fraction of sp³-hybridized carbons (Fsp3) is 0.333. The Morgan fingerprint density at radius 2 is 1.61 bits per heavy atom. The third kappa shape index (κ3) is 5.51. The molecular weight excluding hydrogens is 387 g/mol. The van der Waals surface area contributed by atoms with Crippen LogP contribution >= 0.6 is 11.6 Å². The van der Waals surface area contributed by atoms with E-state index in [0.717, 1.165) is 42.4 Å². The van der Waals surface area contributed by atoms with Crippen molar-refractivity contribution in [2.75, 3.05) is 0 Å². The van der Waals surface area contributed by atoms with Crippen LogP contribution in [-0.4, -0.2) is 15.1 Å². The van der Waals surface area contributed by atoms with Crippen molar-refractivity contribution >= 4 is 28.6 Å². The molecule has 0 bridgehead atoms. The molecule has 0 aliphatic carbocycles. The van der Waals surface area contributed by atoms with E-state index in [1.54, 1.807) is 21.3 Å². The normalized spacial score (nSPS) is 10.8. The summed E-state index contributed by atoms with van der Waals surface area (Å²) in [6, 6.07) is 15.0. The van der Waals surface area contributed by atoms with Crippen molar-refractivity contribution in [3.05, 3.63) is 64.0 Å². The minimum atomic E-state index is -0.990. The van der Waals surface area contributed by atoms with Crippen molar-refractivity contribution < 1.29 is 39.5 Å². The summed E-state index contributed by atoms with van der Waals surface area (Å²) in [4.78, 5) is 23.5. The minimum absolute atomic E-state index is 0. The number of carbonyl (C=O) groups is 1. The molecule has 0 spiro atoms. The van der Waals surface area contributed by atoms with Gasteiger partial charge in [-0.25, -0.2) is 4.79 Å². The van der Waals surface area contributed by atoms with Gasteiger partial charge < -0.3 is 9.90 Å². The Morgan fingerprint density at radius 3 is 2.32 bits per heavy atom. The van der Waals surface area contributed by atoms with Crippen molar-refractivity contribution in [3.63, 3.8) is 0 Å². The van der Waals surface area contributed by atoms with Crippen molar-refractivity contribution in [2.24, 2.45) is 0 Å². The maximum Gasteiger partial charge on any atom is 1.00 e. The Labute approximate surface area is 191 Å². The van der Waals surface area contributed by atoms with Crippen LogP contribution in [-0.2, 0) is 11.3 Å². The van der Waals surface area contributed by atoms with Gasteiger partial charge in [0.25, 0.3) is 0 Å². The smallest absolute Gasteiger partial charge is 0.550 e. The van der Waals surface area contributed by atoms with Gasteiger partial charge in [0.05, 0.1) is 16.7 Å². The van der Waals surface area contributed by atoms with Gasteiger partial charge >= 0.3 is 35.2 Å². The van der Waals surface area contributed by atoms with E-state index in [4.69, 9.17) is 11.6 Å². The molecule has 3 aromatic rings. The molecule has 3 rings (SSSR count). The second-order valence-corrected chi connectivity index (χ2v) is 7.06. The molecule has 0 atom stereocenters. The molecule has 1 heterocycles. The molecule has 0 aliphatic heterocycles. The quantitative estimate of drug-likeness (QED) is 0.383. The van der Waals surface area contributed by atoms with E-state index in [2.05, 4.69) is 0 Å². The topological polar surface area (TPSA) is 67.1 Å². The monoisotopic (exact) mass is 408 g/mol. The van der Waals surface area contributed by atoms with Crippen LogP contribution in [0.2, 0.25) is 5.02 Å². The second kappa shape index (κ2) is 10.9. The van der Waals surface area contributed by atoms with Gasteiger partial charge in [0, 0.05) is 17.5 Å². The van der Waals surface area contributed by atoms with Crippen LogP contribution in [0.5, 0.6) is 0 Å². The summed E-state index contributed by atoms with van der Waals surface area (Å²) < 4.78 is 3.50. The fourth-order valence-corrected chi connectivity index (χ4v) is 3.54. The van der Waals surface area contributed by atoms with Gasteiger partial charge in [-0.1, -0.05) is 49.1 Å². The Hall–Kier alpha value is -1.53. The Morgan fingerprint density at radius 1 is 0.929 bits per heavy atom. The Bertz CT molecular complexity index is 997. The molecule has 142 valence electrons. The zero-order valence-electron chi connectivity index (χ0n) is 16.1. The first-order valence-corrected chi connectivity index (χ1v) is 9.62. The molecule has 0 fully saturated rings. The molecule has 5 nitrogen and oxygen atoms in total. The number of carboxylic acid groups (broad SMARTS) is 1. The number of benzene rings is 2. The molecule has 0 saturated heterocycles. The predicted octanol–water partition coefficient (Wildman–Crippen LogP) is 0.540. The average Bonchev–Trinajstić information content (AvgIpc) is 2.92. The van der Waals surface area contributed by atoms with Crippen molar-refractivity contribution in [3.8, 4) is 5.69 Å². The summed E-state index contributed by atoms with van der Waals surface area (Å²) in [5.41, 5.74) is 2.44. The third-order valence-electron chi connectivity index (χ3n) is 4.66. The number of aryl methyl sites for hydroxylation is 1. The molecule has 0 amide bonds. The number of nitrogens with zero attached hydrogens (tertiary/aromatic N) is 2. The number of unbranched alkanes of at least 4 members (excludes halogenated alkanes) is 4. The van der Waals surface area contributed by atoms with E-state index in [0.29, 0.717) is 18.0 Å². The van der Waals surface area contributed by atoms with E-state index < -0.39 is 5.97 Å². The van der Waals surface area contributed by atoms with E-state index in [-0.39, 0.29) is 41.7 Å². The maximum absolute atomic E-state index is 13.1. The molecule has 28 heavy (non-hydrogen) atoms. The number of imidazole rings is 1. The number of hydrogen-bond acceptors (Lipinski definition) is 3. The van der Waals surface area contributed by atoms with Crippen LogP contribution < -0.4 is 40.4 Å². The maximum atomic E-state index is 13.1. The van der Waals surface area contributed by atoms with E-state index >= 15 is 0 Å². The standard InChI is InChI=1S/C21H23ClN2O3.Na/c22-16-9-8-10-17(15-16)24-19-12-6-5-11-18(19)23(21(24)27)14-7-3-1-2-4-13-20(25)26;/h5-6,8-12,15H,1-4,7,13-14H2,(H,25,26);/q;+1/p-1. The fourth-order valence-electron chi connectivity index (χ4n) is 3.36. The number of carbonyl (C=O) groups excluding carboxylic acids is 1. The molecule has 0 radical (unpaired) electrons. The molecule has 2 aromatic carbocycles. The molecule has 7 heteroatoms. The first kappa shape index (κ1) is 22.8. The SMILES string of the molecule is O=C([O-])CCCCCCCn1c(=O)n(-c2cccc(Cl)c2)c2ccccc21.[Na+]. The Kier molecular flexibility index (Phi) is 8.83. The summed E-state index contributed by atoms with van der Waals surface area (Å²) in [6.45, 7) is 0.632. The number of hydrogen-bond donors (Lipinski definition) is 0. The summed E-state index contributed by atoms with van der Waals surface area (Å²) >= 11 is 6.11. The van der Waals surface area contributed by atoms with Gasteiger partial charge in [-0.05, 0) is 49.6 Å². The van der Waals surface area contributed by atoms with Gasteiger partial charge in [0.2, 0.25) is 0 Å². The zero-order chi connectivity index (χ0) is 19.2. The van der Waals surface area contributed by atoms with E-state index in [9.17, 15) is 14.7 Å². The third-order valence-corrected chi connectivity index (χ3v) is 4.90. The average molecular weight is 409 g/mol. The molecule has 0 N–H and O–H groups in total. The summed E-state index contributed by atoms with van der Waals surface area (Å²) in [5.74, 6) is -0.990. The molecule has 0 saturated carbocycles. The van der Waals surface area contributed by atoms with Crippen LogP contribution in [0, 0.1) is 0 Å². The number of fused-ring (bicyclic) bond motifs is 1. The molecule has 0 unspecified atom stereocenters. The molecule has 0 aliphatic rings. The van der Waals surface area contributed by atoms with Crippen LogP contribution in [0.1, 0.15) is 38.5 Å². The van der Waals surface area contributed by atoms with Crippen LogP contribution in [0.3, 0.4) is 0 Å². The number of carboxylic acids is 1. The van der Waals surface area contributed by atoms with Crippen LogP contribution in [0.25, 0.3) is 16.7 Å². The molecular formula is C21H22ClN2NaO3. The first-order chi connectivity index (χ1) is 13.1. The van der Waals surface area contributed by atoms with Gasteiger partial charge in [-0.2, -0.15) is 0 Å². The van der Waals surface area contributed by atoms with Crippen molar-refractivity contribution in [1.29, 1.82) is 0 Å². The molecule has 1 aromatic heterocycles. The first-order valence-electron chi connectivity index (χ1n) is 9.24. The summed E-state index contributed by atoms with van der Waals surface area (Å²) in [5, 5.41) is 11.0. The second-order valence-electron chi connectivity index (χ2n) is 6.63. The van der Waals surface area contributed by atoms with E-state index in [1.807, 2.05) is 36.4 Å².